The lowest BCUT2D eigenvalue weighted by molar-refractivity contribution is 0.823. The molecule has 0 aliphatic heterocycles. The molecule has 0 saturated carbocycles. The Morgan fingerprint density at radius 2 is 1.04 bits per heavy atom. The number of benzene rings is 2. The van der Waals surface area contributed by atoms with Gasteiger partial charge in [0, 0.05) is 28.6 Å². The van der Waals surface area contributed by atoms with E-state index < -0.39 is 0 Å². The van der Waals surface area contributed by atoms with E-state index in [1.807, 2.05) is 79.0 Å². The summed E-state index contributed by atoms with van der Waals surface area (Å²) in [4.78, 5) is 18.7. The van der Waals surface area contributed by atoms with Crippen LogP contribution in [0.15, 0.2) is 79.0 Å². The third-order valence-corrected chi connectivity index (χ3v) is 4.34. The van der Waals surface area contributed by atoms with Crippen LogP contribution < -0.4 is 0 Å². The molecule has 132 valence electrons. The lowest BCUT2D eigenvalue weighted by atomic mass is 10.1. The number of hydrogen-bond donors (Lipinski definition) is 0. The van der Waals surface area contributed by atoms with Crippen molar-refractivity contribution >= 4 is 0 Å². The smallest absolute Gasteiger partial charge is 0.165 e. The fourth-order valence-corrected chi connectivity index (χ4v) is 2.82. The summed E-state index contributed by atoms with van der Waals surface area (Å²) in [6.07, 6.45) is 1.84. The van der Waals surface area contributed by atoms with Crippen LogP contribution >= 0.6 is 0 Å². The van der Waals surface area contributed by atoms with Crippen molar-refractivity contribution in [3.63, 3.8) is 0 Å². The van der Waals surface area contributed by atoms with Gasteiger partial charge in [0.2, 0.25) is 0 Å². The fraction of sp³-hybridized carbons (Fsp3) is 0.130. The summed E-state index contributed by atoms with van der Waals surface area (Å²) >= 11 is 0. The Labute approximate surface area is 159 Å². The van der Waals surface area contributed by atoms with Crippen LogP contribution in [-0.2, 0) is 0 Å². The van der Waals surface area contributed by atoms with E-state index in [0.717, 1.165) is 22.4 Å². The van der Waals surface area contributed by atoms with E-state index in [1.54, 1.807) is 0 Å². The van der Waals surface area contributed by atoms with Crippen molar-refractivity contribution in [1.29, 1.82) is 0 Å². The number of nitrogens with zero attached hydrogens (tertiary/aromatic N) is 4. The van der Waals surface area contributed by atoms with Crippen LogP contribution in [0, 0.1) is 0 Å². The van der Waals surface area contributed by atoms with Gasteiger partial charge in [-0.15, -0.1) is 0 Å². The van der Waals surface area contributed by atoms with Crippen LogP contribution in [0.4, 0.5) is 0 Å². The first-order valence-corrected chi connectivity index (χ1v) is 9.04. The highest BCUT2D eigenvalue weighted by Gasteiger charge is 2.12. The van der Waals surface area contributed by atoms with E-state index in [-0.39, 0.29) is 0 Å². The zero-order valence-corrected chi connectivity index (χ0v) is 15.4. The minimum absolute atomic E-state index is 0.386. The van der Waals surface area contributed by atoms with E-state index in [4.69, 9.17) is 15.0 Å². The van der Waals surface area contributed by atoms with Gasteiger partial charge in [-0.3, -0.25) is 4.98 Å². The van der Waals surface area contributed by atoms with Crippen molar-refractivity contribution in [1.82, 2.24) is 19.9 Å². The lowest BCUT2D eigenvalue weighted by Gasteiger charge is -2.09. The van der Waals surface area contributed by atoms with Gasteiger partial charge in [-0.25, -0.2) is 15.0 Å². The maximum atomic E-state index is 4.71. The standard InChI is InChI=1S/C23H20N4/c1-16(2)20-14-13-19(15-24-20)23-26-21(17-9-5-3-6-10-17)25-22(27-23)18-11-7-4-8-12-18/h3-16H,1-2H3. The van der Waals surface area contributed by atoms with Crippen LogP contribution in [-0.4, -0.2) is 19.9 Å². The minimum atomic E-state index is 0.386. The van der Waals surface area contributed by atoms with Crippen LogP contribution in [0.25, 0.3) is 34.2 Å². The molecular formula is C23H20N4. The van der Waals surface area contributed by atoms with Crippen LogP contribution in [0.5, 0.6) is 0 Å². The minimum Gasteiger partial charge on any atom is -0.260 e. The SMILES string of the molecule is CC(C)c1ccc(-c2nc(-c3ccccc3)nc(-c3ccccc3)n2)cn1. The highest BCUT2D eigenvalue weighted by Crippen LogP contribution is 2.24. The van der Waals surface area contributed by atoms with Crippen molar-refractivity contribution in [3.05, 3.63) is 84.7 Å². The molecule has 4 aromatic rings. The van der Waals surface area contributed by atoms with Gasteiger partial charge in [0.25, 0.3) is 0 Å². The van der Waals surface area contributed by atoms with Crippen molar-refractivity contribution in [2.75, 3.05) is 0 Å². The molecule has 4 rings (SSSR count). The van der Waals surface area contributed by atoms with Gasteiger partial charge >= 0.3 is 0 Å². The average Bonchev–Trinajstić information content (AvgIpc) is 2.75. The zero-order valence-electron chi connectivity index (χ0n) is 15.4. The van der Waals surface area contributed by atoms with Gasteiger partial charge in [0.15, 0.2) is 17.5 Å². The Bertz CT molecular complexity index is 969. The molecule has 4 nitrogen and oxygen atoms in total. The maximum Gasteiger partial charge on any atom is 0.165 e. The second-order valence-electron chi connectivity index (χ2n) is 6.66. The van der Waals surface area contributed by atoms with Crippen molar-refractivity contribution in [3.8, 4) is 34.2 Å². The Kier molecular flexibility index (Phi) is 4.71. The van der Waals surface area contributed by atoms with Gasteiger partial charge < -0.3 is 0 Å². The first-order valence-electron chi connectivity index (χ1n) is 9.04. The molecule has 0 fully saturated rings. The maximum absolute atomic E-state index is 4.71. The molecule has 0 spiro atoms. The summed E-state index contributed by atoms with van der Waals surface area (Å²) in [6.45, 7) is 4.26. The summed E-state index contributed by atoms with van der Waals surface area (Å²) < 4.78 is 0. The molecule has 4 heteroatoms. The lowest BCUT2D eigenvalue weighted by Crippen LogP contribution is -2.01. The van der Waals surface area contributed by atoms with Gasteiger partial charge in [0.1, 0.15) is 0 Å². The summed E-state index contributed by atoms with van der Waals surface area (Å²) in [5.41, 5.74) is 3.87. The summed E-state index contributed by atoms with van der Waals surface area (Å²) in [5.74, 6) is 2.34. The van der Waals surface area contributed by atoms with E-state index in [9.17, 15) is 0 Å². The number of hydrogen-bond acceptors (Lipinski definition) is 4. The molecule has 0 unspecified atom stereocenters. The highest BCUT2D eigenvalue weighted by molar-refractivity contribution is 5.65. The Balaban J connectivity index is 1.85. The molecule has 0 aliphatic carbocycles. The molecule has 0 amide bonds. The molecule has 0 saturated heterocycles. The molecule has 2 heterocycles. The Hall–Kier alpha value is -3.40. The number of pyridine rings is 1. The van der Waals surface area contributed by atoms with Crippen molar-refractivity contribution in [2.24, 2.45) is 0 Å². The molecule has 2 aromatic heterocycles. The summed E-state index contributed by atoms with van der Waals surface area (Å²) in [6, 6.07) is 24.0. The van der Waals surface area contributed by atoms with E-state index in [1.165, 1.54) is 0 Å². The van der Waals surface area contributed by atoms with Gasteiger partial charge in [-0.05, 0) is 18.1 Å². The van der Waals surface area contributed by atoms with Gasteiger partial charge in [-0.2, -0.15) is 0 Å². The molecule has 0 bridgehead atoms. The zero-order chi connectivity index (χ0) is 18.6. The normalized spacial score (nSPS) is 10.9. The van der Waals surface area contributed by atoms with Crippen molar-refractivity contribution in [2.45, 2.75) is 19.8 Å². The van der Waals surface area contributed by atoms with Crippen LogP contribution in [0.3, 0.4) is 0 Å². The third-order valence-electron chi connectivity index (χ3n) is 4.34. The predicted molar refractivity (Wildman–Crippen MR) is 108 cm³/mol. The predicted octanol–water partition coefficient (Wildman–Crippen LogP) is 5.39. The molecule has 0 radical (unpaired) electrons. The molecule has 0 aliphatic rings. The van der Waals surface area contributed by atoms with E-state index >= 15 is 0 Å². The van der Waals surface area contributed by atoms with E-state index in [2.05, 4.69) is 18.8 Å². The second kappa shape index (κ2) is 7.46. The first-order chi connectivity index (χ1) is 13.2. The van der Waals surface area contributed by atoms with E-state index in [0.29, 0.717) is 23.4 Å². The monoisotopic (exact) mass is 352 g/mol. The highest BCUT2D eigenvalue weighted by atomic mass is 15.0. The fourth-order valence-electron chi connectivity index (χ4n) is 2.82. The van der Waals surface area contributed by atoms with Crippen molar-refractivity contribution < 1.29 is 0 Å². The third kappa shape index (κ3) is 3.75. The largest absolute Gasteiger partial charge is 0.260 e. The summed E-state index contributed by atoms with van der Waals surface area (Å²) in [5, 5.41) is 0. The molecule has 2 aromatic carbocycles. The second-order valence-corrected chi connectivity index (χ2v) is 6.66. The van der Waals surface area contributed by atoms with Gasteiger partial charge in [-0.1, -0.05) is 74.5 Å². The molecule has 0 atom stereocenters. The Morgan fingerprint density at radius 3 is 1.44 bits per heavy atom. The van der Waals surface area contributed by atoms with Gasteiger partial charge in [0.05, 0.1) is 0 Å². The quantitative estimate of drug-likeness (QED) is 0.494. The van der Waals surface area contributed by atoms with Crippen LogP contribution in [0.2, 0.25) is 0 Å². The average molecular weight is 352 g/mol. The summed E-state index contributed by atoms with van der Waals surface area (Å²) in [7, 11) is 0. The Morgan fingerprint density at radius 1 is 0.556 bits per heavy atom. The first kappa shape index (κ1) is 17.0. The topological polar surface area (TPSA) is 51.6 Å². The molecule has 27 heavy (non-hydrogen) atoms. The molecular weight excluding hydrogens is 332 g/mol. The number of aromatic nitrogens is 4. The van der Waals surface area contributed by atoms with Crippen LogP contribution in [0.1, 0.15) is 25.5 Å². The molecule has 0 N–H and O–H groups in total. The number of rotatable bonds is 4.